The number of aliphatic hydroxyl groups is 3. The molecular weight excluding hydrogens is 488 g/mol. The van der Waals surface area contributed by atoms with Gasteiger partial charge in [0.05, 0.1) is 30.5 Å². The predicted octanol–water partition coefficient (Wildman–Crippen LogP) is 3.42. The van der Waals surface area contributed by atoms with Gasteiger partial charge >= 0.3 is 5.97 Å². The summed E-state index contributed by atoms with van der Waals surface area (Å²) >= 11 is 0. The first-order valence-electron chi connectivity index (χ1n) is 13.7. The van der Waals surface area contributed by atoms with Crippen molar-refractivity contribution in [2.24, 2.45) is 5.92 Å². The van der Waals surface area contributed by atoms with Gasteiger partial charge in [0.15, 0.2) is 6.29 Å². The first-order chi connectivity index (χ1) is 18.2. The van der Waals surface area contributed by atoms with Gasteiger partial charge in [-0.25, -0.2) is 4.79 Å². The quantitative estimate of drug-likeness (QED) is 0.368. The molecule has 4 rings (SSSR count). The Labute approximate surface area is 225 Å². The van der Waals surface area contributed by atoms with E-state index in [0.717, 1.165) is 30.4 Å². The molecule has 8 heteroatoms. The molecule has 4 aliphatic rings. The molecule has 4 heterocycles. The molecule has 0 aromatic heterocycles. The summed E-state index contributed by atoms with van der Waals surface area (Å²) in [5.74, 6) is -0.190. The number of carbonyl (C=O) groups excluding carboxylic acids is 1. The molecule has 0 radical (unpaired) electrons. The summed E-state index contributed by atoms with van der Waals surface area (Å²) in [6.07, 6.45) is 11.1. The normalized spacial score (nSPS) is 42.3. The summed E-state index contributed by atoms with van der Waals surface area (Å²) in [7, 11) is 0. The lowest BCUT2D eigenvalue weighted by Crippen LogP contribution is -2.37. The number of esters is 1. The van der Waals surface area contributed by atoms with Crippen molar-refractivity contribution in [3.05, 3.63) is 60.3 Å². The molecule has 0 amide bonds. The highest BCUT2D eigenvalue weighted by molar-refractivity contribution is 5.82. The van der Waals surface area contributed by atoms with E-state index in [1.807, 2.05) is 13.0 Å². The molecule has 0 aromatic carbocycles. The first-order valence-corrected chi connectivity index (χ1v) is 13.7. The maximum absolute atomic E-state index is 12.7. The van der Waals surface area contributed by atoms with Crippen molar-refractivity contribution in [2.75, 3.05) is 0 Å². The molecule has 4 bridgehead atoms. The van der Waals surface area contributed by atoms with Crippen molar-refractivity contribution in [1.82, 2.24) is 0 Å². The lowest BCUT2D eigenvalue weighted by Gasteiger charge is -2.28. The minimum Gasteiger partial charge on any atom is -0.456 e. The van der Waals surface area contributed by atoms with E-state index in [1.54, 1.807) is 24.3 Å². The van der Waals surface area contributed by atoms with Crippen molar-refractivity contribution in [3.8, 4) is 0 Å². The van der Waals surface area contributed by atoms with Gasteiger partial charge in [-0.2, -0.15) is 0 Å². The minimum absolute atomic E-state index is 0.0906. The number of aliphatic hydroxyl groups excluding tert-OH is 3. The second kappa shape index (κ2) is 13.3. The molecule has 38 heavy (non-hydrogen) atoms. The number of rotatable bonds is 2. The summed E-state index contributed by atoms with van der Waals surface area (Å²) in [5.41, 5.74) is 1.88. The average molecular weight is 531 g/mol. The molecular formula is C30H42O8. The lowest BCUT2D eigenvalue weighted by molar-refractivity contribution is -0.144. The van der Waals surface area contributed by atoms with E-state index in [0.29, 0.717) is 18.8 Å². The van der Waals surface area contributed by atoms with Crippen molar-refractivity contribution >= 4 is 5.97 Å². The van der Waals surface area contributed by atoms with Gasteiger partial charge in [0.2, 0.25) is 0 Å². The Bertz CT molecular complexity index is 952. The van der Waals surface area contributed by atoms with Gasteiger partial charge in [-0.1, -0.05) is 55.0 Å². The van der Waals surface area contributed by atoms with Gasteiger partial charge in [0.25, 0.3) is 0 Å². The van der Waals surface area contributed by atoms with Gasteiger partial charge in [0, 0.05) is 12.5 Å². The molecule has 1 saturated heterocycles. The Morgan fingerprint density at radius 3 is 2.58 bits per heavy atom. The Hall–Kier alpha value is -2.07. The smallest absolute Gasteiger partial charge is 0.330 e. The van der Waals surface area contributed by atoms with Crippen molar-refractivity contribution in [2.45, 2.75) is 114 Å². The summed E-state index contributed by atoms with van der Waals surface area (Å²) in [6, 6.07) is 0. The van der Waals surface area contributed by atoms with E-state index >= 15 is 0 Å². The van der Waals surface area contributed by atoms with Crippen molar-refractivity contribution < 1.29 is 39.1 Å². The summed E-state index contributed by atoms with van der Waals surface area (Å²) in [6.45, 7) is 8.21. The van der Waals surface area contributed by atoms with E-state index in [-0.39, 0.29) is 31.2 Å². The van der Waals surface area contributed by atoms with Crippen LogP contribution in [0.4, 0.5) is 0 Å². The number of hydrogen-bond acceptors (Lipinski definition) is 8. The summed E-state index contributed by atoms with van der Waals surface area (Å²) in [5, 5.41) is 31.6. The molecule has 0 saturated carbocycles. The molecule has 0 aromatic rings. The van der Waals surface area contributed by atoms with Crippen molar-refractivity contribution in [1.29, 1.82) is 0 Å². The highest BCUT2D eigenvalue weighted by Gasteiger charge is 2.42. The number of carbonyl (C=O) groups is 1. The largest absolute Gasteiger partial charge is 0.456 e. The molecule has 0 aliphatic carbocycles. The second-order valence-corrected chi connectivity index (χ2v) is 11.2. The Kier molecular flexibility index (Phi) is 10.1. The van der Waals surface area contributed by atoms with Crippen LogP contribution in [-0.4, -0.2) is 76.4 Å². The van der Waals surface area contributed by atoms with Crippen LogP contribution in [0.3, 0.4) is 0 Å². The van der Waals surface area contributed by atoms with E-state index in [1.165, 1.54) is 6.08 Å². The number of ether oxygens (including phenoxy) is 4. The fourth-order valence-electron chi connectivity index (χ4n) is 5.73. The van der Waals surface area contributed by atoms with Gasteiger partial charge in [0.1, 0.15) is 18.3 Å². The van der Waals surface area contributed by atoms with Crippen LogP contribution in [0.2, 0.25) is 0 Å². The number of hydrogen-bond donors (Lipinski definition) is 3. The Morgan fingerprint density at radius 2 is 1.79 bits per heavy atom. The average Bonchev–Trinajstić information content (AvgIpc) is 3.23. The Balaban J connectivity index is 1.49. The summed E-state index contributed by atoms with van der Waals surface area (Å²) < 4.78 is 23.6. The molecule has 10 atom stereocenters. The monoisotopic (exact) mass is 530 g/mol. The van der Waals surface area contributed by atoms with Crippen LogP contribution in [0, 0.1) is 5.92 Å². The van der Waals surface area contributed by atoms with Crippen LogP contribution < -0.4 is 0 Å². The fraction of sp³-hybridized carbons (Fsp3) is 0.633. The molecule has 8 nitrogen and oxygen atoms in total. The molecule has 0 spiro atoms. The van der Waals surface area contributed by atoms with Gasteiger partial charge in [-0.3, -0.25) is 0 Å². The highest BCUT2D eigenvalue weighted by atomic mass is 16.6. The van der Waals surface area contributed by atoms with E-state index in [4.69, 9.17) is 18.9 Å². The third-order valence-corrected chi connectivity index (χ3v) is 7.53. The summed E-state index contributed by atoms with van der Waals surface area (Å²) in [4.78, 5) is 12.7. The third kappa shape index (κ3) is 8.21. The van der Waals surface area contributed by atoms with Gasteiger partial charge < -0.3 is 34.3 Å². The van der Waals surface area contributed by atoms with E-state index in [9.17, 15) is 20.1 Å². The van der Waals surface area contributed by atoms with Crippen LogP contribution in [0.25, 0.3) is 0 Å². The molecule has 210 valence electrons. The standard InChI is InChI=1S/C30H42O8/c1-18-12-19(2)15-24(31)30(34)27-17-26(25(37-27)11-10-23-14-20(3)16-29(33)36-23)38-28(32)9-5-7-21-6-4-8-22(13-18)35-21/h4-6,9-11,16,18,21-27,29-31,33-34H,2,7-8,12-15,17H2,1,3H3/b9-5-,11-10+/t18-,21-,22-,23+,24-,25-,26-,27+,29?,30-/m0/s1. The van der Waals surface area contributed by atoms with Gasteiger partial charge in [-0.05, 0) is 57.4 Å². The SMILES string of the molecule is C=C1C[C@H](C)C[C@@H]2CC=C[C@@H](C/C=C\C(=O)O[C@H]3C[C@@H](O[C@H]3/C=C/[C@@H]3CC(C)=CC(O)O3)[C@@H](O)[C@@H](O)C1)O2. The zero-order valence-electron chi connectivity index (χ0n) is 22.4. The predicted molar refractivity (Wildman–Crippen MR) is 142 cm³/mol. The van der Waals surface area contributed by atoms with Crippen LogP contribution in [0.5, 0.6) is 0 Å². The number of fused-ring (bicyclic) bond motifs is 4. The third-order valence-electron chi connectivity index (χ3n) is 7.53. The van der Waals surface area contributed by atoms with Gasteiger partial charge in [-0.15, -0.1) is 0 Å². The van der Waals surface area contributed by atoms with Crippen LogP contribution in [0.15, 0.2) is 60.3 Å². The minimum atomic E-state index is -1.17. The zero-order chi connectivity index (χ0) is 27.2. The van der Waals surface area contributed by atoms with Crippen LogP contribution in [-0.2, 0) is 23.7 Å². The van der Waals surface area contributed by atoms with Crippen molar-refractivity contribution in [3.63, 3.8) is 0 Å². The fourth-order valence-corrected chi connectivity index (χ4v) is 5.73. The Morgan fingerprint density at radius 1 is 0.974 bits per heavy atom. The second-order valence-electron chi connectivity index (χ2n) is 11.2. The molecule has 4 aliphatic heterocycles. The molecule has 1 fully saturated rings. The highest BCUT2D eigenvalue weighted by Crippen LogP contribution is 2.31. The molecule has 3 N–H and O–H groups in total. The maximum atomic E-state index is 12.7. The van der Waals surface area contributed by atoms with Crippen LogP contribution >= 0.6 is 0 Å². The van der Waals surface area contributed by atoms with E-state index < -0.39 is 42.8 Å². The van der Waals surface area contributed by atoms with Crippen LogP contribution in [0.1, 0.15) is 58.8 Å². The molecule has 1 unspecified atom stereocenters. The lowest BCUT2D eigenvalue weighted by atomic mass is 9.90. The maximum Gasteiger partial charge on any atom is 0.330 e. The zero-order valence-corrected chi connectivity index (χ0v) is 22.4. The topological polar surface area (TPSA) is 115 Å². The first kappa shape index (κ1) is 28.9. The van der Waals surface area contributed by atoms with E-state index in [2.05, 4.69) is 19.6 Å².